The van der Waals surface area contributed by atoms with E-state index in [1.807, 2.05) is 24.3 Å². The maximum absolute atomic E-state index is 12.7. The molecular formula is C19H11NO3S. The fourth-order valence-corrected chi connectivity index (χ4v) is 3.09. The molecular weight excluding hydrogens is 322 g/mol. The number of nitrogens with zero attached hydrogens (tertiary/aromatic N) is 1. The molecule has 5 heteroatoms. The van der Waals surface area contributed by atoms with Crippen molar-refractivity contribution in [3.05, 3.63) is 83.4 Å². The summed E-state index contributed by atoms with van der Waals surface area (Å²) >= 11 is 5.39. The van der Waals surface area contributed by atoms with Crippen LogP contribution in [0.15, 0.2) is 66.7 Å². The number of rotatable bonds is 2. The largest absolute Gasteiger partial charge is 0.363 e. The van der Waals surface area contributed by atoms with Gasteiger partial charge in [-0.25, -0.2) is 4.79 Å². The summed E-state index contributed by atoms with van der Waals surface area (Å²) in [6.07, 6.45) is 0. The molecule has 0 aromatic heterocycles. The Morgan fingerprint density at radius 2 is 1.54 bits per heavy atom. The lowest BCUT2D eigenvalue weighted by molar-refractivity contribution is -0.0381. The second-order valence-electron chi connectivity index (χ2n) is 5.36. The molecule has 0 radical (unpaired) electrons. The number of hydroxylamine groups is 2. The predicted octanol–water partition coefficient (Wildman–Crippen LogP) is 3.74. The topological polar surface area (TPSA) is 46.6 Å². The van der Waals surface area contributed by atoms with Crippen LogP contribution in [0, 0.1) is 0 Å². The third kappa shape index (κ3) is 2.18. The smallest absolute Gasteiger partial charge is 0.327 e. The molecule has 3 aromatic carbocycles. The highest BCUT2D eigenvalue weighted by molar-refractivity contribution is 7.80. The van der Waals surface area contributed by atoms with E-state index in [4.69, 9.17) is 17.1 Å². The molecule has 0 bridgehead atoms. The van der Waals surface area contributed by atoms with Crippen molar-refractivity contribution in [3.63, 3.8) is 0 Å². The van der Waals surface area contributed by atoms with E-state index in [1.54, 1.807) is 42.5 Å². The number of carbonyl (C=O) groups is 2. The summed E-state index contributed by atoms with van der Waals surface area (Å²) in [4.78, 5) is 30.5. The van der Waals surface area contributed by atoms with Gasteiger partial charge in [0.15, 0.2) is 4.99 Å². The molecule has 1 heterocycles. The Balaban J connectivity index is 1.76. The Morgan fingerprint density at radius 3 is 2.25 bits per heavy atom. The standard InChI is InChI=1S/C19H11NO3S/c21-17-14-10-4-8-12-9-5-11-15(16(12)14)18(24)20(17)23-19(22)13-6-2-1-3-7-13/h1-11H. The molecule has 0 N–H and O–H groups in total. The van der Waals surface area contributed by atoms with Gasteiger partial charge in [0.1, 0.15) is 0 Å². The lowest BCUT2D eigenvalue weighted by Crippen LogP contribution is -2.41. The lowest BCUT2D eigenvalue weighted by Gasteiger charge is -2.27. The normalized spacial score (nSPS) is 13.2. The average molecular weight is 333 g/mol. The number of benzene rings is 3. The van der Waals surface area contributed by atoms with E-state index in [2.05, 4.69) is 0 Å². The molecule has 0 unspecified atom stereocenters. The predicted molar refractivity (Wildman–Crippen MR) is 93.7 cm³/mol. The van der Waals surface area contributed by atoms with E-state index in [9.17, 15) is 9.59 Å². The fraction of sp³-hybridized carbons (Fsp3) is 0. The number of thiocarbonyl (C=S) groups is 1. The highest BCUT2D eigenvalue weighted by atomic mass is 32.1. The zero-order valence-corrected chi connectivity index (χ0v) is 13.2. The van der Waals surface area contributed by atoms with Crippen LogP contribution in [0.5, 0.6) is 0 Å². The average Bonchev–Trinajstić information content (AvgIpc) is 2.63. The first kappa shape index (κ1) is 14.5. The van der Waals surface area contributed by atoms with Gasteiger partial charge in [0, 0.05) is 10.9 Å². The van der Waals surface area contributed by atoms with Crippen LogP contribution in [0.25, 0.3) is 10.8 Å². The van der Waals surface area contributed by atoms with Crippen molar-refractivity contribution in [2.75, 3.05) is 0 Å². The summed E-state index contributed by atoms with van der Waals surface area (Å²) in [7, 11) is 0. The van der Waals surface area contributed by atoms with Crippen LogP contribution < -0.4 is 0 Å². The van der Waals surface area contributed by atoms with E-state index in [-0.39, 0.29) is 4.99 Å². The highest BCUT2D eigenvalue weighted by Crippen LogP contribution is 2.30. The first-order valence-corrected chi connectivity index (χ1v) is 7.75. The molecule has 1 amide bonds. The van der Waals surface area contributed by atoms with Gasteiger partial charge >= 0.3 is 5.97 Å². The molecule has 1 aliphatic heterocycles. The minimum absolute atomic E-state index is 0.189. The molecule has 24 heavy (non-hydrogen) atoms. The van der Waals surface area contributed by atoms with Gasteiger partial charge in [-0.15, -0.1) is 5.06 Å². The third-order valence-corrected chi connectivity index (χ3v) is 4.30. The summed E-state index contributed by atoms with van der Waals surface area (Å²) in [6, 6.07) is 19.5. The Kier molecular flexibility index (Phi) is 3.36. The van der Waals surface area contributed by atoms with Crippen LogP contribution in [0.3, 0.4) is 0 Å². The molecule has 0 spiro atoms. The van der Waals surface area contributed by atoms with Crippen LogP contribution in [0.1, 0.15) is 26.3 Å². The first-order chi connectivity index (χ1) is 11.7. The maximum Gasteiger partial charge on any atom is 0.363 e. The van der Waals surface area contributed by atoms with E-state index in [1.165, 1.54) is 0 Å². The summed E-state index contributed by atoms with van der Waals surface area (Å²) in [6.45, 7) is 0. The summed E-state index contributed by atoms with van der Waals surface area (Å²) in [5, 5.41) is 2.62. The van der Waals surface area contributed by atoms with Gasteiger partial charge in [0.25, 0.3) is 5.91 Å². The molecule has 0 fully saturated rings. The molecule has 1 aliphatic rings. The second kappa shape index (κ2) is 5.54. The fourth-order valence-electron chi connectivity index (χ4n) is 2.80. The van der Waals surface area contributed by atoms with Crippen molar-refractivity contribution in [2.45, 2.75) is 0 Å². The van der Waals surface area contributed by atoms with E-state index in [0.29, 0.717) is 16.7 Å². The molecule has 4 rings (SSSR count). The molecule has 3 aromatic rings. The Hall–Kier alpha value is -3.05. The SMILES string of the molecule is O=C(ON1C(=O)c2cccc3cccc(c23)C1=S)c1ccccc1. The van der Waals surface area contributed by atoms with Gasteiger partial charge in [-0.05, 0) is 23.6 Å². The molecule has 4 nitrogen and oxygen atoms in total. The lowest BCUT2D eigenvalue weighted by atomic mass is 9.95. The third-order valence-electron chi connectivity index (χ3n) is 3.92. The number of hydrogen-bond donors (Lipinski definition) is 0. The summed E-state index contributed by atoms with van der Waals surface area (Å²) in [5.74, 6) is -1.06. The minimum atomic E-state index is -0.627. The zero-order chi connectivity index (χ0) is 16.7. The highest BCUT2D eigenvalue weighted by Gasteiger charge is 2.33. The molecule has 0 aliphatic carbocycles. The molecule has 0 saturated carbocycles. The van der Waals surface area contributed by atoms with Crippen molar-refractivity contribution in [1.82, 2.24) is 5.06 Å². The number of carbonyl (C=O) groups excluding carboxylic acids is 2. The van der Waals surface area contributed by atoms with Gasteiger partial charge in [-0.3, -0.25) is 4.79 Å². The van der Waals surface area contributed by atoms with Gasteiger partial charge in [0.2, 0.25) is 0 Å². The van der Waals surface area contributed by atoms with Gasteiger partial charge < -0.3 is 4.84 Å². The summed E-state index contributed by atoms with van der Waals surface area (Å²) < 4.78 is 0. The first-order valence-electron chi connectivity index (χ1n) is 7.35. The Labute approximate surface area is 143 Å². The maximum atomic E-state index is 12.7. The van der Waals surface area contributed by atoms with Crippen molar-refractivity contribution in [2.24, 2.45) is 0 Å². The van der Waals surface area contributed by atoms with Gasteiger partial charge in [-0.2, -0.15) is 0 Å². The van der Waals surface area contributed by atoms with Crippen molar-refractivity contribution in [3.8, 4) is 0 Å². The van der Waals surface area contributed by atoms with E-state index in [0.717, 1.165) is 15.8 Å². The van der Waals surface area contributed by atoms with Crippen LogP contribution in [-0.2, 0) is 4.84 Å². The van der Waals surface area contributed by atoms with Crippen molar-refractivity contribution >= 4 is 39.9 Å². The van der Waals surface area contributed by atoms with E-state index < -0.39 is 11.9 Å². The Bertz CT molecular complexity index is 947. The van der Waals surface area contributed by atoms with Crippen LogP contribution in [-0.4, -0.2) is 21.9 Å². The van der Waals surface area contributed by atoms with Crippen LogP contribution >= 0.6 is 12.2 Å². The molecule has 0 atom stereocenters. The monoisotopic (exact) mass is 333 g/mol. The number of amides is 1. The second-order valence-corrected chi connectivity index (χ2v) is 5.75. The zero-order valence-electron chi connectivity index (χ0n) is 12.4. The Morgan fingerprint density at radius 1 is 0.875 bits per heavy atom. The van der Waals surface area contributed by atoms with Crippen molar-refractivity contribution in [1.29, 1.82) is 0 Å². The number of hydrogen-bond acceptors (Lipinski definition) is 4. The molecule has 0 saturated heterocycles. The van der Waals surface area contributed by atoms with Crippen LogP contribution in [0.4, 0.5) is 0 Å². The van der Waals surface area contributed by atoms with Crippen molar-refractivity contribution < 1.29 is 14.4 Å². The van der Waals surface area contributed by atoms with Gasteiger partial charge in [0.05, 0.1) is 11.1 Å². The van der Waals surface area contributed by atoms with Gasteiger partial charge in [-0.1, -0.05) is 60.7 Å². The van der Waals surface area contributed by atoms with E-state index >= 15 is 0 Å². The quantitative estimate of drug-likeness (QED) is 0.670. The van der Waals surface area contributed by atoms with Crippen LogP contribution in [0.2, 0.25) is 0 Å². The minimum Gasteiger partial charge on any atom is -0.327 e. The summed E-state index contributed by atoms with van der Waals surface area (Å²) in [5.41, 5.74) is 1.53. The molecule has 116 valence electrons.